The molecule has 104 valence electrons. The third-order valence-electron chi connectivity index (χ3n) is 3.63. The average molecular weight is 262 g/mol. The molecule has 0 radical (unpaired) electrons. The molecule has 2 rings (SSSR count). The Hall–Kier alpha value is -1.59. The third-order valence-corrected chi connectivity index (χ3v) is 3.63. The zero-order valence-corrected chi connectivity index (χ0v) is 11.4. The van der Waals surface area contributed by atoms with Crippen LogP contribution in [0.1, 0.15) is 11.1 Å². The Morgan fingerprint density at radius 2 is 1.84 bits per heavy atom. The second kappa shape index (κ2) is 6.54. The third kappa shape index (κ3) is 3.94. The van der Waals surface area contributed by atoms with Crippen LogP contribution in [0.5, 0.6) is 0 Å². The monoisotopic (exact) mass is 262 g/mol. The second-order valence-corrected chi connectivity index (χ2v) is 5.07. The lowest BCUT2D eigenvalue weighted by molar-refractivity contribution is 0.138. The maximum absolute atomic E-state index is 8.57. The first-order chi connectivity index (χ1) is 9.19. The maximum atomic E-state index is 8.57. The van der Waals surface area contributed by atoms with E-state index < -0.39 is 0 Å². The molecule has 19 heavy (non-hydrogen) atoms. The largest absolute Gasteiger partial charge is 0.409 e. The average Bonchev–Trinajstić information content (AvgIpc) is 2.43. The Balaban J connectivity index is 1.82. The fraction of sp³-hybridized carbons (Fsp3) is 0.500. The molecule has 3 N–H and O–H groups in total. The number of nitrogens with zero attached hydrogens (tertiary/aromatic N) is 3. The van der Waals surface area contributed by atoms with E-state index in [1.807, 2.05) is 0 Å². The van der Waals surface area contributed by atoms with Crippen LogP contribution in [0.25, 0.3) is 0 Å². The molecule has 0 atom stereocenters. The summed E-state index contributed by atoms with van der Waals surface area (Å²) in [5.74, 6) is 0.285. The van der Waals surface area contributed by atoms with E-state index in [1.54, 1.807) is 0 Å². The Kier molecular flexibility index (Phi) is 4.76. The summed E-state index contributed by atoms with van der Waals surface area (Å²) < 4.78 is 0. The van der Waals surface area contributed by atoms with Gasteiger partial charge in [-0.2, -0.15) is 0 Å². The van der Waals surface area contributed by atoms with Crippen molar-refractivity contribution in [2.75, 3.05) is 32.7 Å². The zero-order valence-electron chi connectivity index (χ0n) is 11.4. The first kappa shape index (κ1) is 13.8. The number of piperazine rings is 1. The molecule has 0 aromatic heterocycles. The molecular weight excluding hydrogens is 240 g/mol. The van der Waals surface area contributed by atoms with Gasteiger partial charge in [-0.25, -0.2) is 0 Å². The van der Waals surface area contributed by atoms with Gasteiger partial charge in [0.15, 0.2) is 5.84 Å². The summed E-state index contributed by atoms with van der Waals surface area (Å²) in [6.45, 7) is 7.67. The minimum atomic E-state index is 0.285. The molecule has 0 unspecified atom stereocenters. The number of rotatable bonds is 4. The van der Waals surface area contributed by atoms with Crippen LogP contribution in [-0.2, 0) is 6.54 Å². The van der Waals surface area contributed by atoms with Crippen LogP contribution in [-0.4, -0.2) is 53.6 Å². The molecule has 1 fully saturated rings. The molecular formula is C14H22N4O. The van der Waals surface area contributed by atoms with E-state index in [0.29, 0.717) is 6.54 Å². The van der Waals surface area contributed by atoms with Gasteiger partial charge in [-0.15, -0.1) is 0 Å². The van der Waals surface area contributed by atoms with Crippen molar-refractivity contribution in [2.24, 2.45) is 10.9 Å². The summed E-state index contributed by atoms with van der Waals surface area (Å²) in [6.07, 6.45) is 0. The lowest BCUT2D eigenvalue weighted by Crippen LogP contribution is -2.48. The number of aryl methyl sites for hydroxylation is 1. The summed E-state index contributed by atoms with van der Waals surface area (Å²) >= 11 is 0. The standard InChI is InChI=1S/C14H22N4O/c1-12-4-2-3-5-13(12)10-17-6-8-18(9-7-17)11-14(15)16-19/h2-5,19H,6-11H2,1H3,(H2,15,16). The summed E-state index contributed by atoms with van der Waals surface area (Å²) in [6, 6.07) is 8.52. The highest BCUT2D eigenvalue weighted by Crippen LogP contribution is 2.12. The minimum absolute atomic E-state index is 0.285. The Morgan fingerprint density at radius 3 is 2.47 bits per heavy atom. The molecule has 1 aromatic carbocycles. The lowest BCUT2D eigenvalue weighted by Gasteiger charge is -2.34. The van der Waals surface area contributed by atoms with Crippen molar-refractivity contribution in [3.05, 3.63) is 35.4 Å². The first-order valence-electron chi connectivity index (χ1n) is 6.64. The van der Waals surface area contributed by atoms with Crippen LogP contribution in [0, 0.1) is 6.92 Å². The van der Waals surface area contributed by atoms with Crippen LogP contribution in [0.3, 0.4) is 0 Å². The van der Waals surface area contributed by atoms with Crippen molar-refractivity contribution in [3.63, 3.8) is 0 Å². The van der Waals surface area contributed by atoms with Crippen molar-refractivity contribution in [1.29, 1.82) is 0 Å². The highest BCUT2D eigenvalue weighted by atomic mass is 16.4. The predicted octanol–water partition coefficient (Wildman–Crippen LogP) is 0.859. The van der Waals surface area contributed by atoms with Crippen LogP contribution in [0.15, 0.2) is 29.4 Å². The summed E-state index contributed by atoms with van der Waals surface area (Å²) in [7, 11) is 0. The van der Waals surface area contributed by atoms with Crippen LogP contribution < -0.4 is 5.73 Å². The van der Waals surface area contributed by atoms with Gasteiger partial charge in [-0.3, -0.25) is 9.80 Å². The van der Waals surface area contributed by atoms with Gasteiger partial charge in [-0.05, 0) is 18.1 Å². The number of amidine groups is 1. The van der Waals surface area contributed by atoms with E-state index in [4.69, 9.17) is 10.9 Å². The molecule has 0 amide bonds. The zero-order chi connectivity index (χ0) is 13.7. The highest BCUT2D eigenvalue weighted by molar-refractivity contribution is 5.81. The van der Waals surface area contributed by atoms with Crippen LogP contribution in [0.2, 0.25) is 0 Å². The van der Waals surface area contributed by atoms with Crippen molar-refractivity contribution in [1.82, 2.24) is 9.80 Å². The molecule has 1 aliphatic rings. The molecule has 0 spiro atoms. The van der Waals surface area contributed by atoms with Crippen LogP contribution in [0.4, 0.5) is 0 Å². The molecule has 5 heteroatoms. The molecule has 0 aliphatic carbocycles. The fourth-order valence-electron chi connectivity index (χ4n) is 2.39. The molecule has 1 saturated heterocycles. The van der Waals surface area contributed by atoms with Gasteiger partial charge in [-0.1, -0.05) is 29.4 Å². The van der Waals surface area contributed by atoms with E-state index in [1.165, 1.54) is 11.1 Å². The van der Waals surface area contributed by atoms with E-state index in [9.17, 15) is 0 Å². The van der Waals surface area contributed by atoms with E-state index in [2.05, 4.69) is 46.1 Å². The fourth-order valence-corrected chi connectivity index (χ4v) is 2.39. The normalized spacial score (nSPS) is 18.7. The lowest BCUT2D eigenvalue weighted by atomic mass is 10.1. The first-order valence-corrected chi connectivity index (χ1v) is 6.64. The quantitative estimate of drug-likeness (QED) is 0.365. The van der Waals surface area contributed by atoms with Crippen molar-refractivity contribution in [3.8, 4) is 0 Å². The Bertz CT molecular complexity index is 439. The number of nitrogens with two attached hydrogens (primary N) is 1. The van der Waals surface area contributed by atoms with Gasteiger partial charge in [0.2, 0.25) is 0 Å². The van der Waals surface area contributed by atoms with E-state index in [-0.39, 0.29) is 5.84 Å². The van der Waals surface area contributed by atoms with E-state index in [0.717, 1.165) is 32.7 Å². The van der Waals surface area contributed by atoms with Gasteiger partial charge in [0.05, 0.1) is 6.54 Å². The number of benzene rings is 1. The highest BCUT2D eigenvalue weighted by Gasteiger charge is 2.17. The molecule has 5 nitrogen and oxygen atoms in total. The van der Waals surface area contributed by atoms with Gasteiger partial charge in [0.1, 0.15) is 0 Å². The molecule has 1 aliphatic heterocycles. The smallest absolute Gasteiger partial charge is 0.153 e. The topological polar surface area (TPSA) is 65.1 Å². The molecule has 1 heterocycles. The van der Waals surface area contributed by atoms with Gasteiger partial charge < -0.3 is 10.9 Å². The Labute approximate surface area is 114 Å². The maximum Gasteiger partial charge on any atom is 0.153 e. The molecule has 0 bridgehead atoms. The summed E-state index contributed by atoms with van der Waals surface area (Å²) in [4.78, 5) is 4.66. The number of hydrogen-bond acceptors (Lipinski definition) is 4. The second-order valence-electron chi connectivity index (χ2n) is 5.07. The molecule has 1 aromatic rings. The van der Waals surface area contributed by atoms with Gasteiger partial charge >= 0.3 is 0 Å². The number of hydrogen-bond donors (Lipinski definition) is 2. The van der Waals surface area contributed by atoms with Crippen molar-refractivity contribution >= 4 is 5.84 Å². The van der Waals surface area contributed by atoms with Crippen molar-refractivity contribution in [2.45, 2.75) is 13.5 Å². The number of oxime groups is 1. The summed E-state index contributed by atoms with van der Waals surface area (Å²) in [5.41, 5.74) is 8.27. The van der Waals surface area contributed by atoms with Crippen LogP contribution >= 0.6 is 0 Å². The van der Waals surface area contributed by atoms with E-state index >= 15 is 0 Å². The van der Waals surface area contributed by atoms with Crippen molar-refractivity contribution < 1.29 is 5.21 Å². The minimum Gasteiger partial charge on any atom is -0.409 e. The summed E-state index contributed by atoms with van der Waals surface area (Å²) in [5, 5.41) is 11.6. The Morgan fingerprint density at radius 1 is 1.21 bits per heavy atom. The predicted molar refractivity (Wildman–Crippen MR) is 76.3 cm³/mol. The van der Waals surface area contributed by atoms with Gasteiger partial charge in [0, 0.05) is 32.7 Å². The SMILES string of the molecule is Cc1ccccc1CN1CCN(CC(N)=NO)CC1. The molecule has 0 saturated carbocycles. The van der Waals surface area contributed by atoms with Gasteiger partial charge in [0.25, 0.3) is 0 Å².